The van der Waals surface area contributed by atoms with E-state index in [4.69, 9.17) is 5.73 Å². The Labute approximate surface area is 108 Å². The lowest BCUT2D eigenvalue weighted by molar-refractivity contribution is -0.137. The zero-order chi connectivity index (χ0) is 14.4. The second kappa shape index (κ2) is 4.08. The van der Waals surface area contributed by atoms with Crippen LogP contribution in [-0.2, 0) is 11.6 Å². The molecule has 2 rings (SSSR count). The van der Waals surface area contributed by atoms with E-state index in [2.05, 4.69) is 9.97 Å². The summed E-state index contributed by atoms with van der Waals surface area (Å²) in [6.45, 7) is 5.77. The van der Waals surface area contributed by atoms with Crippen LogP contribution in [0.5, 0.6) is 0 Å². The number of nitrogen functional groups attached to an aromatic ring is 1. The molecule has 6 heteroatoms. The molecular weight excluding hydrogens is 255 g/mol. The van der Waals surface area contributed by atoms with Crippen LogP contribution >= 0.6 is 0 Å². The normalized spacial score (nSPS) is 12.9. The van der Waals surface area contributed by atoms with Crippen LogP contribution in [0.1, 0.15) is 32.0 Å². The van der Waals surface area contributed by atoms with E-state index < -0.39 is 11.7 Å². The van der Waals surface area contributed by atoms with E-state index in [0.29, 0.717) is 11.1 Å². The molecule has 0 radical (unpaired) electrons. The molecule has 2 N–H and O–H groups in total. The average Bonchev–Trinajstić information content (AvgIpc) is 2.24. The van der Waals surface area contributed by atoms with Crippen LogP contribution in [0, 0.1) is 0 Å². The maximum atomic E-state index is 12.7. The molecule has 0 aliphatic rings. The fraction of sp³-hybridized carbons (Fsp3) is 0.385. The summed E-state index contributed by atoms with van der Waals surface area (Å²) in [6, 6.07) is 3.44. The van der Waals surface area contributed by atoms with Crippen molar-refractivity contribution in [3.05, 3.63) is 29.5 Å². The van der Waals surface area contributed by atoms with Crippen molar-refractivity contribution in [1.82, 2.24) is 9.97 Å². The fourth-order valence-electron chi connectivity index (χ4n) is 1.90. The summed E-state index contributed by atoms with van der Waals surface area (Å²) in [4.78, 5) is 8.04. The van der Waals surface area contributed by atoms with Crippen molar-refractivity contribution in [3.63, 3.8) is 0 Å². The molecule has 1 aromatic heterocycles. The van der Waals surface area contributed by atoms with Gasteiger partial charge in [-0.3, -0.25) is 0 Å². The molecule has 0 fully saturated rings. The largest absolute Gasteiger partial charge is 0.416 e. The number of rotatable bonds is 0. The maximum absolute atomic E-state index is 12.7. The van der Waals surface area contributed by atoms with Crippen molar-refractivity contribution in [3.8, 4) is 0 Å². The van der Waals surface area contributed by atoms with Crippen LogP contribution in [0.4, 0.5) is 19.1 Å². The Morgan fingerprint density at radius 2 is 1.68 bits per heavy atom. The molecule has 0 saturated carbocycles. The average molecular weight is 269 g/mol. The molecule has 0 aliphatic carbocycles. The Hall–Kier alpha value is -1.85. The van der Waals surface area contributed by atoms with Gasteiger partial charge >= 0.3 is 6.18 Å². The molecule has 0 saturated heterocycles. The molecule has 102 valence electrons. The van der Waals surface area contributed by atoms with Crippen LogP contribution in [0.2, 0.25) is 0 Å². The molecule has 0 bridgehead atoms. The lowest BCUT2D eigenvalue weighted by Gasteiger charge is -2.20. The monoisotopic (exact) mass is 269 g/mol. The molecule has 0 spiro atoms. The van der Waals surface area contributed by atoms with Gasteiger partial charge in [-0.25, -0.2) is 9.97 Å². The van der Waals surface area contributed by atoms with Gasteiger partial charge in [0.1, 0.15) is 0 Å². The van der Waals surface area contributed by atoms with Gasteiger partial charge in [0.25, 0.3) is 0 Å². The topological polar surface area (TPSA) is 51.8 Å². The summed E-state index contributed by atoms with van der Waals surface area (Å²) >= 11 is 0. The number of alkyl halides is 3. The summed E-state index contributed by atoms with van der Waals surface area (Å²) in [7, 11) is 0. The molecule has 2 aromatic rings. The van der Waals surface area contributed by atoms with Gasteiger partial charge < -0.3 is 5.73 Å². The molecule has 0 amide bonds. The lowest BCUT2D eigenvalue weighted by Crippen LogP contribution is -2.16. The van der Waals surface area contributed by atoms with Gasteiger partial charge in [0.05, 0.1) is 16.8 Å². The number of halogens is 3. The SMILES string of the molecule is CC(C)(C)c1nc(N)nc2cc(C(F)(F)F)ccc12. The van der Waals surface area contributed by atoms with Crippen molar-refractivity contribution in [2.75, 3.05) is 5.73 Å². The molecule has 0 unspecified atom stereocenters. The highest BCUT2D eigenvalue weighted by Crippen LogP contribution is 2.34. The van der Waals surface area contributed by atoms with Gasteiger partial charge in [0.15, 0.2) is 0 Å². The van der Waals surface area contributed by atoms with Gasteiger partial charge in [-0.1, -0.05) is 26.8 Å². The summed E-state index contributed by atoms with van der Waals surface area (Å²) in [5, 5.41) is 0.592. The minimum Gasteiger partial charge on any atom is -0.368 e. The third kappa shape index (κ3) is 2.62. The molecule has 0 aliphatic heterocycles. The van der Waals surface area contributed by atoms with Gasteiger partial charge in [0, 0.05) is 10.8 Å². The first-order valence-electron chi connectivity index (χ1n) is 5.74. The second-order valence-corrected chi connectivity index (χ2v) is 5.41. The van der Waals surface area contributed by atoms with Crippen molar-refractivity contribution in [2.24, 2.45) is 0 Å². The number of anilines is 1. The van der Waals surface area contributed by atoms with E-state index in [1.165, 1.54) is 6.07 Å². The summed E-state index contributed by atoms with van der Waals surface area (Å²) in [6.07, 6.45) is -4.39. The van der Waals surface area contributed by atoms with Crippen LogP contribution < -0.4 is 5.73 Å². The Balaban J connectivity index is 2.76. The molecule has 1 heterocycles. The van der Waals surface area contributed by atoms with Crippen molar-refractivity contribution < 1.29 is 13.2 Å². The van der Waals surface area contributed by atoms with Crippen molar-refractivity contribution >= 4 is 16.9 Å². The van der Waals surface area contributed by atoms with E-state index in [9.17, 15) is 13.2 Å². The van der Waals surface area contributed by atoms with E-state index in [0.717, 1.165) is 12.1 Å². The standard InChI is InChI=1S/C13H14F3N3/c1-12(2,3)10-8-5-4-7(13(14,15)16)6-9(8)18-11(17)19-10/h4-6H,1-3H3,(H2,17,18,19). The summed E-state index contributed by atoms with van der Waals surface area (Å²) in [5.41, 5.74) is 5.37. The quantitative estimate of drug-likeness (QED) is 0.796. The van der Waals surface area contributed by atoms with E-state index in [1.807, 2.05) is 20.8 Å². The number of hydrogen-bond donors (Lipinski definition) is 1. The number of nitrogens with zero attached hydrogens (tertiary/aromatic N) is 2. The Morgan fingerprint density at radius 3 is 2.21 bits per heavy atom. The minimum absolute atomic E-state index is 0.0169. The highest BCUT2D eigenvalue weighted by Gasteiger charge is 2.31. The van der Waals surface area contributed by atoms with Gasteiger partial charge in [-0.2, -0.15) is 13.2 Å². The molecular formula is C13H14F3N3. The number of aromatic nitrogens is 2. The Kier molecular flexibility index (Phi) is 2.91. The highest BCUT2D eigenvalue weighted by atomic mass is 19.4. The van der Waals surface area contributed by atoms with Crippen molar-refractivity contribution in [2.45, 2.75) is 32.4 Å². The van der Waals surface area contributed by atoms with Crippen LogP contribution in [0.3, 0.4) is 0 Å². The predicted octanol–water partition coefficient (Wildman–Crippen LogP) is 3.53. The molecule has 19 heavy (non-hydrogen) atoms. The van der Waals surface area contributed by atoms with Crippen LogP contribution in [0.15, 0.2) is 18.2 Å². The van der Waals surface area contributed by atoms with Crippen LogP contribution in [0.25, 0.3) is 10.9 Å². The Bertz CT molecular complexity index is 627. The van der Waals surface area contributed by atoms with E-state index in [1.54, 1.807) is 0 Å². The first-order valence-corrected chi connectivity index (χ1v) is 5.74. The molecule has 1 aromatic carbocycles. The number of fused-ring (bicyclic) bond motifs is 1. The smallest absolute Gasteiger partial charge is 0.368 e. The summed E-state index contributed by atoms with van der Waals surface area (Å²) < 4.78 is 38.0. The molecule has 0 atom stereocenters. The number of benzene rings is 1. The predicted molar refractivity (Wildman–Crippen MR) is 67.7 cm³/mol. The van der Waals surface area contributed by atoms with Gasteiger partial charge in [-0.05, 0) is 12.1 Å². The lowest BCUT2D eigenvalue weighted by atomic mass is 9.89. The number of nitrogens with two attached hydrogens (primary N) is 1. The second-order valence-electron chi connectivity index (χ2n) is 5.41. The zero-order valence-electron chi connectivity index (χ0n) is 10.8. The third-order valence-electron chi connectivity index (χ3n) is 2.75. The first kappa shape index (κ1) is 13.6. The van der Waals surface area contributed by atoms with Gasteiger partial charge in [-0.15, -0.1) is 0 Å². The third-order valence-corrected chi connectivity index (χ3v) is 2.75. The van der Waals surface area contributed by atoms with Crippen LogP contribution in [-0.4, -0.2) is 9.97 Å². The van der Waals surface area contributed by atoms with Crippen molar-refractivity contribution in [1.29, 1.82) is 0 Å². The molecule has 3 nitrogen and oxygen atoms in total. The highest BCUT2D eigenvalue weighted by molar-refractivity contribution is 5.83. The maximum Gasteiger partial charge on any atom is 0.416 e. The summed E-state index contributed by atoms with van der Waals surface area (Å²) in [5.74, 6) is -0.0169. The van der Waals surface area contributed by atoms with Gasteiger partial charge in [0.2, 0.25) is 5.95 Å². The minimum atomic E-state index is -4.39. The Morgan fingerprint density at radius 1 is 1.05 bits per heavy atom. The first-order chi connectivity index (χ1) is 8.59. The van der Waals surface area contributed by atoms with E-state index in [-0.39, 0.29) is 16.9 Å². The number of hydrogen-bond acceptors (Lipinski definition) is 3. The zero-order valence-corrected chi connectivity index (χ0v) is 10.8. The fourth-order valence-corrected chi connectivity index (χ4v) is 1.90. The van der Waals surface area contributed by atoms with E-state index >= 15 is 0 Å².